The van der Waals surface area contributed by atoms with Crippen LogP contribution in [0.4, 0.5) is 0 Å². The molecular formula is C19H22Cl2N4O11P2. The molecule has 2 unspecified atom stereocenters. The molecule has 0 bridgehead atoms. The lowest BCUT2D eigenvalue weighted by Gasteiger charge is -2.26. The van der Waals surface area contributed by atoms with E-state index in [1.165, 1.54) is 0 Å². The third-order valence-electron chi connectivity index (χ3n) is 5.95. The van der Waals surface area contributed by atoms with Crippen LogP contribution in [0.2, 0.25) is 0 Å². The maximum Gasteiger partial charge on any atom is 0.376 e. The van der Waals surface area contributed by atoms with Gasteiger partial charge < -0.3 is 34.2 Å². The van der Waals surface area contributed by atoms with Crippen molar-refractivity contribution >= 4 is 49.3 Å². The molecule has 1 fully saturated rings. The van der Waals surface area contributed by atoms with Crippen molar-refractivity contribution in [1.82, 2.24) is 18.9 Å². The Kier molecular flexibility index (Phi) is 7.87. The zero-order valence-corrected chi connectivity index (χ0v) is 22.6. The van der Waals surface area contributed by atoms with Crippen LogP contribution >= 0.6 is 38.4 Å². The molecule has 1 aromatic carbocycles. The molecule has 0 aliphatic carbocycles. The minimum Gasteiger partial charge on any atom is -0.387 e. The number of aromatic nitrogens is 4. The summed E-state index contributed by atoms with van der Waals surface area (Å²) < 4.78 is 33.5. The summed E-state index contributed by atoms with van der Waals surface area (Å²) in [7, 11) is -9.26. The summed E-state index contributed by atoms with van der Waals surface area (Å²) in [6.45, 7) is -1.22. The molecule has 0 amide bonds. The first-order valence-corrected chi connectivity index (χ1v) is 14.7. The molecule has 0 saturated carbocycles. The van der Waals surface area contributed by atoms with Gasteiger partial charge >= 0.3 is 24.7 Å². The van der Waals surface area contributed by atoms with Gasteiger partial charge in [0.2, 0.25) is 0 Å². The largest absolute Gasteiger partial charge is 0.387 e. The monoisotopic (exact) mass is 614 g/mol. The first kappa shape index (κ1) is 29.1. The second-order valence-corrected chi connectivity index (χ2v) is 14.9. The van der Waals surface area contributed by atoms with E-state index in [0.717, 1.165) is 26.9 Å². The van der Waals surface area contributed by atoms with Gasteiger partial charge in [0.25, 0.3) is 5.56 Å². The van der Waals surface area contributed by atoms with E-state index in [0.29, 0.717) is 11.1 Å². The first-order valence-electron chi connectivity index (χ1n) is 10.7. The molecule has 0 spiro atoms. The third kappa shape index (κ3) is 5.05. The van der Waals surface area contributed by atoms with Gasteiger partial charge in [0.1, 0.15) is 18.3 Å². The molecule has 15 nitrogen and oxygen atoms in total. The van der Waals surface area contributed by atoms with Crippen LogP contribution in [0.5, 0.6) is 0 Å². The van der Waals surface area contributed by atoms with Crippen LogP contribution in [0.25, 0.3) is 10.9 Å². The normalized spacial score (nSPS) is 24.1. The Hall–Kier alpha value is -1.87. The van der Waals surface area contributed by atoms with Gasteiger partial charge in [-0.1, -0.05) is 41.4 Å². The van der Waals surface area contributed by atoms with E-state index in [4.69, 9.17) is 37.7 Å². The van der Waals surface area contributed by atoms with Crippen molar-refractivity contribution < 1.29 is 43.3 Å². The number of hydrogen-bond donors (Lipinski definition) is 5. The summed E-state index contributed by atoms with van der Waals surface area (Å²) in [5.74, 6) is 0. The third-order valence-corrected chi connectivity index (χ3v) is 12.0. The van der Waals surface area contributed by atoms with Crippen LogP contribution in [-0.2, 0) is 32.0 Å². The van der Waals surface area contributed by atoms with Crippen molar-refractivity contribution in [1.29, 1.82) is 0 Å². The van der Waals surface area contributed by atoms with Crippen LogP contribution in [0, 0.1) is 0 Å². The highest BCUT2D eigenvalue weighted by Crippen LogP contribution is 2.75. The Balaban J connectivity index is 1.59. The fourth-order valence-electron chi connectivity index (χ4n) is 3.94. The van der Waals surface area contributed by atoms with Crippen molar-refractivity contribution in [3.05, 3.63) is 63.1 Å². The van der Waals surface area contributed by atoms with E-state index >= 15 is 0 Å². The summed E-state index contributed by atoms with van der Waals surface area (Å²) in [6, 6.07) is 8.21. The number of benzene rings is 1. The van der Waals surface area contributed by atoms with Crippen molar-refractivity contribution in [2.75, 3.05) is 6.61 Å². The number of rotatable bonds is 8. The molecule has 38 heavy (non-hydrogen) atoms. The number of aryl methyl sites for hydroxylation is 1. The highest BCUT2D eigenvalue weighted by Gasteiger charge is 2.60. The van der Waals surface area contributed by atoms with Gasteiger partial charge in [0, 0.05) is 24.7 Å². The minimum atomic E-state index is -5.54. The number of fused-ring (bicyclic) bond motifs is 1. The molecule has 5 atom stereocenters. The zero-order valence-electron chi connectivity index (χ0n) is 19.3. The SMILES string of the molecule is Cn1nc(Cn2c(=O)ccn([C@@H]3O[C@H](COP(=O)(O)C(Cl)(Cl)P(=O)(O)O)C(O)[C@@H]3O)c2=O)c2ccccc21. The average molecular weight is 615 g/mol. The summed E-state index contributed by atoms with van der Waals surface area (Å²) in [6.07, 6.45) is -5.67. The highest BCUT2D eigenvalue weighted by atomic mass is 35.5. The molecule has 5 N–H and O–H groups in total. The minimum absolute atomic E-state index is 0.221. The van der Waals surface area contributed by atoms with Crippen LogP contribution in [0.1, 0.15) is 11.9 Å². The molecule has 1 aliphatic heterocycles. The summed E-state index contributed by atoms with van der Waals surface area (Å²) >= 11 is 10.7. The number of nitrogens with zero attached hydrogens (tertiary/aromatic N) is 4. The Bertz CT molecular complexity index is 1580. The predicted molar refractivity (Wildman–Crippen MR) is 133 cm³/mol. The molecule has 3 aromatic rings. The fourth-order valence-corrected chi connectivity index (χ4v) is 6.23. The topological polar surface area (TPSA) is 216 Å². The second-order valence-electron chi connectivity index (χ2n) is 8.43. The lowest BCUT2D eigenvalue weighted by atomic mass is 10.1. The number of alkyl halides is 2. The molecule has 1 saturated heterocycles. The molecule has 19 heteroatoms. The quantitative estimate of drug-likeness (QED) is 0.168. The van der Waals surface area contributed by atoms with E-state index in [1.54, 1.807) is 23.9 Å². The maximum absolute atomic E-state index is 13.2. The summed E-state index contributed by atoms with van der Waals surface area (Å²) in [4.78, 5) is 53.9. The van der Waals surface area contributed by atoms with Gasteiger partial charge in [-0.2, -0.15) is 5.10 Å². The van der Waals surface area contributed by atoms with Gasteiger partial charge in [-0.25, -0.2) is 4.79 Å². The van der Waals surface area contributed by atoms with E-state index < -0.39 is 61.4 Å². The smallest absolute Gasteiger partial charge is 0.376 e. The lowest BCUT2D eigenvalue weighted by molar-refractivity contribution is -0.0531. The number of hydrogen-bond acceptors (Lipinski definition) is 9. The maximum atomic E-state index is 13.2. The average Bonchev–Trinajstić information content (AvgIpc) is 3.30. The second kappa shape index (κ2) is 10.3. The van der Waals surface area contributed by atoms with Gasteiger partial charge in [0.05, 0.1) is 24.4 Å². The van der Waals surface area contributed by atoms with Crippen LogP contribution < -0.4 is 11.2 Å². The molecular weight excluding hydrogens is 593 g/mol. The Morgan fingerprint density at radius 2 is 1.76 bits per heavy atom. The number of ether oxygens (including phenoxy) is 1. The van der Waals surface area contributed by atoms with Crippen LogP contribution in [0.3, 0.4) is 0 Å². The number of para-hydroxylation sites is 1. The first-order chi connectivity index (χ1) is 17.6. The van der Waals surface area contributed by atoms with Gasteiger partial charge in [-0.15, -0.1) is 0 Å². The Morgan fingerprint density at radius 1 is 1.11 bits per heavy atom. The van der Waals surface area contributed by atoms with Crippen LogP contribution in [-0.4, -0.2) is 72.5 Å². The van der Waals surface area contributed by atoms with Gasteiger partial charge in [-0.3, -0.25) is 27.7 Å². The molecule has 4 rings (SSSR count). The Labute approximate surface area is 223 Å². The number of halogens is 2. The lowest BCUT2D eigenvalue weighted by Crippen LogP contribution is -2.43. The fraction of sp³-hybridized carbons (Fsp3) is 0.421. The molecule has 2 aromatic heterocycles. The Morgan fingerprint density at radius 3 is 2.42 bits per heavy atom. The summed E-state index contributed by atoms with van der Waals surface area (Å²) in [5, 5.41) is 26.0. The van der Waals surface area contributed by atoms with Gasteiger partial charge in [-0.05, 0) is 6.07 Å². The van der Waals surface area contributed by atoms with Crippen molar-refractivity contribution in [2.24, 2.45) is 7.05 Å². The predicted octanol–water partition coefficient (Wildman–Crippen LogP) is 0.0328. The number of aliphatic hydroxyl groups is 2. The highest BCUT2D eigenvalue weighted by molar-refractivity contribution is 7.78. The van der Waals surface area contributed by atoms with E-state index in [9.17, 15) is 33.8 Å². The van der Waals surface area contributed by atoms with Crippen LogP contribution in [0.15, 0.2) is 46.1 Å². The standard InChI is InChI=1S/C19H22Cl2N4O11P2/c1-23-12-5-3-2-4-10(12)11(22-23)8-25-14(26)6-7-24(18(25)29)17-16(28)15(27)13(36-17)9-35-38(33,34)19(20,21)37(30,31)32/h2-7,13,15-17,27-28H,8-9H2,1H3,(H,33,34)(H2,30,31,32)/t13-,15?,16+,17-/m1/s1. The number of aliphatic hydroxyl groups excluding tert-OH is 2. The molecule has 208 valence electrons. The summed E-state index contributed by atoms with van der Waals surface area (Å²) in [5.41, 5.74) is -0.396. The van der Waals surface area contributed by atoms with Crippen molar-refractivity contribution in [2.45, 2.75) is 34.9 Å². The van der Waals surface area contributed by atoms with Crippen molar-refractivity contribution in [3.63, 3.8) is 0 Å². The van der Waals surface area contributed by atoms with E-state index in [1.807, 2.05) is 12.1 Å². The molecule has 3 heterocycles. The molecule has 0 radical (unpaired) electrons. The van der Waals surface area contributed by atoms with E-state index in [2.05, 4.69) is 9.62 Å². The van der Waals surface area contributed by atoms with Gasteiger partial charge in [0.15, 0.2) is 6.23 Å². The molecule has 1 aliphatic rings. The van der Waals surface area contributed by atoms with Crippen molar-refractivity contribution in [3.8, 4) is 0 Å². The zero-order chi connectivity index (χ0) is 28.2. The van der Waals surface area contributed by atoms with E-state index in [-0.39, 0.29) is 6.54 Å².